The molecular formula is C28H32N4O3. The third kappa shape index (κ3) is 6.82. The van der Waals surface area contributed by atoms with E-state index in [2.05, 4.69) is 33.5 Å². The molecular weight excluding hydrogens is 440 g/mol. The second-order valence-electron chi connectivity index (χ2n) is 8.72. The Labute approximate surface area is 206 Å². The number of hydrogen-bond donors (Lipinski definition) is 2. The van der Waals surface area contributed by atoms with Gasteiger partial charge in [0.1, 0.15) is 17.5 Å². The number of aromatic nitrogens is 1. The molecule has 0 radical (unpaired) electrons. The first-order chi connectivity index (χ1) is 17.1. The summed E-state index contributed by atoms with van der Waals surface area (Å²) < 4.78 is 5.74. The maximum Gasteiger partial charge on any atom is 0.251 e. The van der Waals surface area contributed by atoms with Crippen molar-refractivity contribution in [3.63, 3.8) is 0 Å². The summed E-state index contributed by atoms with van der Waals surface area (Å²) in [5.74, 6) is 0.726. The molecule has 35 heavy (non-hydrogen) atoms. The SMILES string of the molecule is CCCCC(NC(=O)c1ccc(Oc2cccnc2)cc1)C(=O)Nc1cccc(N2CCCC2)c1. The molecule has 1 fully saturated rings. The van der Waals surface area contributed by atoms with Gasteiger partial charge in [-0.15, -0.1) is 0 Å². The summed E-state index contributed by atoms with van der Waals surface area (Å²) in [4.78, 5) is 32.4. The minimum absolute atomic E-state index is 0.207. The van der Waals surface area contributed by atoms with Gasteiger partial charge in [-0.25, -0.2) is 0 Å². The molecule has 2 aromatic carbocycles. The highest BCUT2D eigenvalue weighted by Crippen LogP contribution is 2.24. The van der Waals surface area contributed by atoms with Gasteiger partial charge in [-0.1, -0.05) is 25.8 Å². The number of nitrogens with one attached hydrogen (secondary N) is 2. The summed E-state index contributed by atoms with van der Waals surface area (Å²) >= 11 is 0. The zero-order valence-electron chi connectivity index (χ0n) is 20.1. The van der Waals surface area contributed by atoms with E-state index in [9.17, 15) is 9.59 Å². The summed E-state index contributed by atoms with van der Waals surface area (Å²) in [6.45, 7) is 4.15. The van der Waals surface area contributed by atoms with E-state index in [4.69, 9.17) is 4.74 Å². The number of pyridine rings is 1. The fraction of sp³-hybridized carbons (Fsp3) is 0.321. The van der Waals surface area contributed by atoms with Crippen molar-refractivity contribution < 1.29 is 14.3 Å². The van der Waals surface area contributed by atoms with E-state index >= 15 is 0 Å². The van der Waals surface area contributed by atoms with Crippen LogP contribution in [0, 0.1) is 0 Å². The molecule has 2 N–H and O–H groups in total. The lowest BCUT2D eigenvalue weighted by Crippen LogP contribution is -2.43. The monoisotopic (exact) mass is 472 g/mol. The fourth-order valence-electron chi connectivity index (χ4n) is 4.12. The number of rotatable bonds is 10. The van der Waals surface area contributed by atoms with Crippen molar-refractivity contribution in [3.05, 3.63) is 78.6 Å². The normalized spacial score (nSPS) is 13.8. The lowest BCUT2D eigenvalue weighted by atomic mass is 10.1. The molecule has 2 heterocycles. The van der Waals surface area contributed by atoms with Crippen molar-refractivity contribution in [2.24, 2.45) is 0 Å². The van der Waals surface area contributed by atoms with E-state index in [1.54, 1.807) is 42.7 Å². The molecule has 1 saturated heterocycles. The lowest BCUT2D eigenvalue weighted by Gasteiger charge is -2.21. The van der Waals surface area contributed by atoms with Crippen LogP contribution in [-0.2, 0) is 4.79 Å². The number of benzene rings is 2. The second-order valence-corrected chi connectivity index (χ2v) is 8.72. The maximum atomic E-state index is 13.1. The van der Waals surface area contributed by atoms with Crippen LogP contribution in [0.25, 0.3) is 0 Å². The van der Waals surface area contributed by atoms with Crippen LogP contribution in [0.3, 0.4) is 0 Å². The van der Waals surface area contributed by atoms with Crippen molar-refractivity contribution in [3.8, 4) is 11.5 Å². The summed E-state index contributed by atoms with van der Waals surface area (Å²) in [6, 6.07) is 17.7. The van der Waals surface area contributed by atoms with Gasteiger partial charge >= 0.3 is 0 Å². The van der Waals surface area contributed by atoms with Crippen molar-refractivity contribution in [2.75, 3.05) is 23.3 Å². The Morgan fingerprint density at radius 2 is 1.83 bits per heavy atom. The van der Waals surface area contributed by atoms with Crippen LogP contribution in [0.2, 0.25) is 0 Å². The van der Waals surface area contributed by atoms with Gasteiger partial charge in [0.2, 0.25) is 5.91 Å². The lowest BCUT2D eigenvalue weighted by molar-refractivity contribution is -0.118. The molecule has 1 aliphatic rings. The van der Waals surface area contributed by atoms with E-state index in [-0.39, 0.29) is 11.8 Å². The second kappa shape index (κ2) is 12.0. The van der Waals surface area contributed by atoms with Gasteiger partial charge in [0, 0.05) is 36.2 Å². The van der Waals surface area contributed by atoms with Gasteiger partial charge in [0.25, 0.3) is 5.91 Å². The topological polar surface area (TPSA) is 83.6 Å². The highest BCUT2D eigenvalue weighted by atomic mass is 16.5. The predicted molar refractivity (Wildman–Crippen MR) is 138 cm³/mol. The Balaban J connectivity index is 1.39. The molecule has 7 heteroatoms. The number of unbranched alkanes of at least 4 members (excludes halogenated alkanes) is 1. The van der Waals surface area contributed by atoms with Crippen molar-refractivity contribution in [1.82, 2.24) is 10.3 Å². The quantitative estimate of drug-likeness (QED) is 0.413. The molecule has 2 amide bonds. The molecule has 7 nitrogen and oxygen atoms in total. The van der Waals surface area contributed by atoms with Gasteiger partial charge in [-0.2, -0.15) is 0 Å². The molecule has 3 aromatic rings. The average molecular weight is 473 g/mol. The van der Waals surface area contributed by atoms with Crippen LogP contribution in [0.1, 0.15) is 49.4 Å². The molecule has 0 saturated carbocycles. The number of ether oxygens (including phenoxy) is 1. The molecule has 182 valence electrons. The zero-order valence-corrected chi connectivity index (χ0v) is 20.1. The van der Waals surface area contributed by atoms with Crippen molar-refractivity contribution in [1.29, 1.82) is 0 Å². The van der Waals surface area contributed by atoms with E-state index in [1.165, 1.54) is 12.8 Å². The van der Waals surface area contributed by atoms with Crippen LogP contribution < -0.4 is 20.3 Å². The van der Waals surface area contributed by atoms with Gasteiger partial charge in [0.15, 0.2) is 0 Å². The van der Waals surface area contributed by atoms with Gasteiger partial charge in [-0.3, -0.25) is 14.6 Å². The molecule has 0 spiro atoms. The number of anilines is 2. The first kappa shape index (κ1) is 24.3. The first-order valence-electron chi connectivity index (χ1n) is 12.3. The maximum absolute atomic E-state index is 13.1. The number of carbonyl (C=O) groups is 2. The Morgan fingerprint density at radius 3 is 2.54 bits per heavy atom. The minimum atomic E-state index is -0.621. The van der Waals surface area contributed by atoms with Gasteiger partial charge in [0.05, 0.1) is 6.20 Å². The van der Waals surface area contributed by atoms with Crippen LogP contribution in [-0.4, -0.2) is 35.9 Å². The smallest absolute Gasteiger partial charge is 0.251 e. The largest absolute Gasteiger partial charge is 0.456 e. The summed E-state index contributed by atoms with van der Waals surface area (Å²) in [7, 11) is 0. The van der Waals surface area contributed by atoms with Crippen LogP contribution in [0.5, 0.6) is 11.5 Å². The predicted octanol–water partition coefficient (Wildman–Crippen LogP) is 5.40. The van der Waals surface area contributed by atoms with Crippen LogP contribution in [0.4, 0.5) is 11.4 Å². The molecule has 0 aliphatic carbocycles. The minimum Gasteiger partial charge on any atom is -0.456 e. The third-order valence-electron chi connectivity index (χ3n) is 6.04. The van der Waals surface area contributed by atoms with Crippen LogP contribution in [0.15, 0.2) is 73.1 Å². The molecule has 1 aromatic heterocycles. The summed E-state index contributed by atoms with van der Waals surface area (Å²) in [5.41, 5.74) is 2.32. The van der Waals surface area contributed by atoms with Crippen LogP contribution >= 0.6 is 0 Å². The Bertz CT molecular complexity index is 1110. The van der Waals surface area contributed by atoms with E-state index in [0.717, 1.165) is 37.3 Å². The molecule has 1 aliphatic heterocycles. The van der Waals surface area contributed by atoms with E-state index in [0.29, 0.717) is 23.5 Å². The molecule has 0 bridgehead atoms. The molecule has 1 unspecified atom stereocenters. The first-order valence-corrected chi connectivity index (χ1v) is 12.3. The number of hydrogen-bond acceptors (Lipinski definition) is 5. The summed E-state index contributed by atoms with van der Waals surface area (Å²) in [6.07, 6.45) is 8.03. The number of amides is 2. The highest BCUT2D eigenvalue weighted by Gasteiger charge is 2.22. The zero-order chi connectivity index (χ0) is 24.5. The Hall–Kier alpha value is -3.87. The standard InChI is InChI=1S/C28H32N4O3/c1-2-3-11-26(28(34)30-22-8-6-9-23(19-22)32-17-4-5-18-32)31-27(33)21-12-14-24(15-13-21)35-25-10-7-16-29-20-25/h6-10,12-16,19-20,26H,2-5,11,17-18H2,1H3,(H,30,34)(H,31,33). The van der Waals surface area contributed by atoms with E-state index in [1.807, 2.05) is 24.3 Å². The van der Waals surface area contributed by atoms with Gasteiger partial charge in [-0.05, 0) is 73.9 Å². The molecule has 1 atom stereocenters. The highest BCUT2D eigenvalue weighted by molar-refractivity contribution is 6.01. The Morgan fingerprint density at radius 1 is 1.03 bits per heavy atom. The Kier molecular flexibility index (Phi) is 8.33. The van der Waals surface area contributed by atoms with Crippen molar-refractivity contribution >= 4 is 23.2 Å². The fourth-order valence-corrected chi connectivity index (χ4v) is 4.12. The number of carbonyl (C=O) groups excluding carboxylic acids is 2. The third-order valence-corrected chi connectivity index (χ3v) is 6.04. The number of nitrogens with zero attached hydrogens (tertiary/aromatic N) is 2. The average Bonchev–Trinajstić information content (AvgIpc) is 3.43. The molecule has 4 rings (SSSR count). The van der Waals surface area contributed by atoms with Crippen molar-refractivity contribution in [2.45, 2.75) is 45.1 Å². The summed E-state index contributed by atoms with van der Waals surface area (Å²) in [5, 5.41) is 5.92. The van der Waals surface area contributed by atoms with E-state index < -0.39 is 6.04 Å². The van der Waals surface area contributed by atoms with Gasteiger partial charge < -0.3 is 20.3 Å².